The molecule has 0 aromatic heterocycles. The molecule has 0 unspecified atom stereocenters. The second kappa shape index (κ2) is 3.65. The van der Waals surface area contributed by atoms with Crippen LogP contribution in [0.3, 0.4) is 0 Å². The molecule has 0 atom stereocenters. The number of rotatable bonds is 0. The third-order valence-corrected chi connectivity index (χ3v) is 2.23. The molecule has 2 aliphatic heterocycles. The SMILES string of the molecule is C1=CO/C(=C2\CCCCO2)CC1. The molecule has 0 bridgehead atoms. The molecule has 0 saturated carbocycles. The Balaban J connectivity index is 2.06. The Morgan fingerprint density at radius 2 is 2.08 bits per heavy atom. The summed E-state index contributed by atoms with van der Waals surface area (Å²) in [6.45, 7) is 0.867. The van der Waals surface area contributed by atoms with Crippen molar-refractivity contribution in [1.82, 2.24) is 0 Å². The van der Waals surface area contributed by atoms with Gasteiger partial charge in [-0.15, -0.1) is 0 Å². The fraction of sp³-hybridized carbons (Fsp3) is 0.600. The van der Waals surface area contributed by atoms with Crippen molar-refractivity contribution in [2.24, 2.45) is 0 Å². The molecule has 0 N–H and O–H groups in total. The van der Waals surface area contributed by atoms with Gasteiger partial charge in [-0.2, -0.15) is 0 Å². The monoisotopic (exact) mass is 166 g/mol. The van der Waals surface area contributed by atoms with E-state index in [9.17, 15) is 0 Å². The van der Waals surface area contributed by atoms with Crippen molar-refractivity contribution in [3.63, 3.8) is 0 Å². The molecule has 0 aromatic rings. The maximum absolute atomic E-state index is 5.54. The molecule has 1 fully saturated rings. The normalized spacial score (nSPS) is 29.3. The van der Waals surface area contributed by atoms with Crippen molar-refractivity contribution < 1.29 is 9.47 Å². The Labute approximate surface area is 72.9 Å². The second-order valence-electron chi connectivity index (χ2n) is 3.18. The lowest BCUT2D eigenvalue weighted by Crippen LogP contribution is -2.07. The molecule has 0 aromatic carbocycles. The van der Waals surface area contributed by atoms with Crippen LogP contribution in [0.15, 0.2) is 23.9 Å². The molecular formula is C10H14O2. The highest BCUT2D eigenvalue weighted by Gasteiger charge is 2.14. The maximum atomic E-state index is 5.54. The van der Waals surface area contributed by atoms with E-state index in [0.717, 1.165) is 37.4 Å². The van der Waals surface area contributed by atoms with Crippen LogP contribution >= 0.6 is 0 Å². The largest absolute Gasteiger partial charge is 0.494 e. The number of allylic oxidation sites excluding steroid dienone is 3. The van der Waals surface area contributed by atoms with Gasteiger partial charge in [0, 0.05) is 12.8 Å². The molecule has 0 spiro atoms. The van der Waals surface area contributed by atoms with Crippen LogP contribution in [0.2, 0.25) is 0 Å². The van der Waals surface area contributed by atoms with Gasteiger partial charge in [0.15, 0.2) is 0 Å². The van der Waals surface area contributed by atoms with Crippen molar-refractivity contribution in [1.29, 1.82) is 0 Å². The van der Waals surface area contributed by atoms with Crippen molar-refractivity contribution in [3.8, 4) is 0 Å². The van der Waals surface area contributed by atoms with Crippen LogP contribution in [0.5, 0.6) is 0 Å². The lowest BCUT2D eigenvalue weighted by molar-refractivity contribution is 0.140. The lowest BCUT2D eigenvalue weighted by Gasteiger charge is -2.20. The van der Waals surface area contributed by atoms with Gasteiger partial charge < -0.3 is 9.47 Å². The summed E-state index contributed by atoms with van der Waals surface area (Å²) >= 11 is 0. The smallest absolute Gasteiger partial charge is 0.141 e. The Morgan fingerprint density at radius 1 is 1.08 bits per heavy atom. The van der Waals surface area contributed by atoms with Crippen LogP contribution in [0.1, 0.15) is 32.1 Å². The summed E-state index contributed by atoms with van der Waals surface area (Å²) in [5, 5.41) is 0. The summed E-state index contributed by atoms with van der Waals surface area (Å²) in [6, 6.07) is 0. The zero-order valence-corrected chi connectivity index (χ0v) is 7.21. The van der Waals surface area contributed by atoms with Crippen LogP contribution in [-0.2, 0) is 9.47 Å². The van der Waals surface area contributed by atoms with Crippen LogP contribution < -0.4 is 0 Å². The summed E-state index contributed by atoms with van der Waals surface area (Å²) in [5.74, 6) is 2.14. The van der Waals surface area contributed by atoms with Crippen LogP contribution in [-0.4, -0.2) is 6.61 Å². The van der Waals surface area contributed by atoms with E-state index in [1.165, 1.54) is 12.8 Å². The zero-order chi connectivity index (χ0) is 8.23. The fourth-order valence-electron chi connectivity index (χ4n) is 1.55. The molecule has 0 aliphatic carbocycles. The van der Waals surface area contributed by atoms with Gasteiger partial charge >= 0.3 is 0 Å². The van der Waals surface area contributed by atoms with Gasteiger partial charge in [0.1, 0.15) is 11.5 Å². The van der Waals surface area contributed by atoms with Crippen LogP contribution in [0.25, 0.3) is 0 Å². The Morgan fingerprint density at radius 3 is 2.75 bits per heavy atom. The highest BCUT2D eigenvalue weighted by Crippen LogP contribution is 2.25. The Hall–Kier alpha value is -0.920. The van der Waals surface area contributed by atoms with E-state index in [2.05, 4.69) is 0 Å². The number of ether oxygens (including phenoxy) is 2. The van der Waals surface area contributed by atoms with E-state index in [0.29, 0.717) is 0 Å². The molecule has 66 valence electrons. The minimum absolute atomic E-state index is 0.867. The molecular weight excluding hydrogens is 152 g/mol. The van der Waals surface area contributed by atoms with Crippen LogP contribution in [0, 0.1) is 0 Å². The summed E-state index contributed by atoms with van der Waals surface area (Å²) in [5.41, 5.74) is 0. The van der Waals surface area contributed by atoms with Gasteiger partial charge in [0.05, 0.1) is 12.9 Å². The van der Waals surface area contributed by atoms with E-state index in [1.807, 2.05) is 6.08 Å². The predicted octanol–water partition coefficient (Wildman–Crippen LogP) is 2.72. The highest BCUT2D eigenvalue weighted by molar-refractivity contribution is 5.08. The summed E-state index contributed by atoms with van der Waals surface area (Å²) in [4.78, 5) is 0. The fourth-order valence-corrected chi connectivity index (χ4v) is 1.55. The third kappa shape index (κ3) is 1.63. The minimum Gasteiger partial charge on any atom is -0.494 e. The van der Waals surface area contributed by atoms with E-state index >= 15 is 0 Å². The van der Waals surface area contributed by atoms with Gasteiger partial charge in [0.2, 0.25) is 0 Å². The Bertz CT molecular complexity index is 208. The number of hydrogen-bond acceptors (Lipinski definition) is 2. The van der Waals surface area contributed by atoms with E-state index in [4.69, 9.17) is 9.47 Å². The summed E-state index contributed by atoms with van der Waals surface area (Å²) in [7, 11) is 0. The van der Waals surface area contributed by atoms with Crippen molar-refractivity contribution in [2.45, 2.75) is 32.1 Å². The van der Waals surface area contributed by atoms with Crippen molar-refractivity contribution >= 4 is 0 Å². The van der Waals surface area contributed by atoms with Crippen molar-refractivity contribution in [2.75, 3.05) is 6.61 Å². The van der Waals surface area contributed by atoms with Gasteiger partial charge in [0.25, 0.3) is 0 Å². The first-order valence-electron chi connectivity index (χ1n) is 4.63. The Kier molecular flexibility index (Phi) is 2.35. The molecule has 0 radical (unpaired) electrons. The maximum Gasteiger partial charge on any atom is 0.141 e. The topological polar surface area (TPSA) is 18.5 Å². The van der Waals surface area contributed by atoms with Gasteiger partial charge in [-0.3, -0.25) is 0 Å². The average molecular weight is 166 g/mol. The van der Waals surface area contributed by atoms with E-state index in [1.54, 1.807) is 6.26 Å². The molecule has 2 heterocycles. The van der Waals surface area contributed by atoms with Crippen LogP contribution in [0.4, 0.5) is 0 Å². The summed E-state index contributed by atoms with van der Waals surface area (Å²) in [6.07, 6.45) is 9.40. The predicted molar refractivity (Wildman–Crippen MR) is 46.3 cm³/mol. The first-order chi connectivity index (χ1) is 5.97. The van der Waals surface area contributed by atoms with Gasteiger partial charge in [-0.25, -0.2) is 0 Å². The lowest BCUT2D eigenvalue weighted by atomic mass is 10.1. The standard InChI is InChI=1S/C10H14O2/c1-3-7-11-9(5-1)10-6-2-4-8-12-10/h3,7H,1-2,4-6,8H2/b10-9+. The summed E-state index contributed by atoms with van der Waals surface area (Å²) < 4.78 is 10.9. The van der Waals surface area contributed by atoms with E-state index in [-0.39, 0.29) is 0 Å². The molecule has 12 heavy (non-hydrogen) atoms. The first kappa shape index (κ1) is 7.71. The average Bonchev–Trinajstić information content (AvgIpc) is 2.21. The highest BCUT2D eigenvalue weighted by atomic mass is 16.5. The molecule has 2 heteroatoms. The molecule has 2 aliphatic rings. The second-order valence-corrected chi connectivity index (χ2v) is 3.18. The molecule has 2 nitrogen and oxygen atoms in total. The van der Waals surface area contributed by atoms with E-state index < -0.39 is 0 Å². The minimum atomic E-state index is 0.867. The molecule has 1 saturated heterocycles. The first-order valence-corrected chi connectivity index (χ1v) is 4.63. The molecule has 2 rings (SSSR count). The molecule has 0 amide bonds. The quantitative estimate of drug-likeness (QED) is 0.551. The van der Waals surface area contributed by atoms with Crippen molar-refractivity contribution in [3.05, 3.63) is 23.9 Å². The van der Waals surface area contributed by atoms with Gasteiger partial charge in [-0.05, 0) is 25.3 Å². The number of hydrogen-bond donors (Lipinski definition) is 0. The zero-order valence-electron chi connectivity index (χ0n) is 7.21. The van der Waals surface area contributed by atoms with Gasteiger partial charge in [-0.1, -0.05) is 0 Å². The third-order valence-electron chi connectivity index (χ3n) is 2.23.